The normalized spacial score (nSPS) is 21.1. The molecule has 4 N–H and O–H groups in total. The average molecular weight is 412 g/mol. The standard InChI is InChI=1S/C19H24N8O3/c28-18-14(23-19(29)25-18)9-12-11-21-27-16(22-13-1-2-13)10-15(24-17(12)27)20-3-4-26-5-7-30-8-6-26/h9-11,13,22H,1-8H2,(H,20,24)(H2,23,25,28,29)/b14-9-. The van der Waals surface area contributed by atoms with Crippen molar-refractivity contribution in [1.82, 2.24) is 30.1 Å². The molecule has 30 heavy (non-hydrogen) atoms. The van der Waals surface area contributed by atoms with Crippen molar-refractivity contribution < 1.29 is 14.3 Å². The van der Waals surface area contributed by atoms with Crippen LogP contribution in [0.4, 0.5) is 16.4 Å². The van der Waals surface area contributed by atoms with Gasteiger partial charge in [0.1, 0.15) is 17.3 Å². The van der Waals surface area contributed by atoms with E-state index in [1.165, 1.54) is 0 Å². The molecule has 0 atom stereocenters. The summed E-state index contributed by atoms with van der Waals surface area (Å²) in [4.78, 5) is 30.3. The van der Waals surface area contributed by atoms with E-state index in [-0.39, 0.29) is 5.70 Å². The van der Waals surface area contributed by atoms with Gasteiger partial charge in [-0.3, -0.25) is 15.0 Å². The summed E-state index contributed by atoms with van der Waals surface area (Å²) in [6, 6.07) is 1.87. The Morgan fingerprint density at radius 2 is 2.07 bits per heavy atom. The number of anilines is 2. The van der Waals surface area contributed by atoms with Crippen LogP contribution in [0.25, 0.3) is 11.7 Å². The molecule has 11 nitrogen and oxygen atoms in total. The van der Waals surface area contributed by atoms with E-state index in [9.17, 15) is 9.59 Å². The number of amides is 3. The van der Waals surface area contributed by atoms with E-state index in [4.69, 9.17) is 9.72 Å². The van der Waals surface area contributed by atoms with Crippen LogP contribution in [0.2, 0.25) is 0 Å². The first-order valence-electron chi connectivity index (χ1n) is 10.2. The summed E-state index contributed by atoms with van der Waals surface area (Å²) in [7, 11) is 0. The topological polar surface area (TPSA) is 125 Å². The van der Waals surface area contributed by atoms with E-state index < -0.39 is 11.9 Å². The lowest BCUT2D eigenvalue weighted by atomic mass is 10.2. The number of morpholine rings is 1. The van der Waals surface area contributed by atoms with E-state index >= 15 is 0 Å². The second-order valence-electron chi connectivity index (χ2n) is 7.63. The molecule has 0 unspecified atom stereocenters. The number of imide groups is 1. The lowest BCUT2D eigenvalue weighted by Crippen LogP contribution is -2.39. The Morgan fingerprint density at radius 3 is 2.80 bits per heavy atom. The number of carbonyl (C=O) groups excluding carboxylic acids is 2. The number of nitrogens with one attached hydrogen (secondary N) is 4. The summed E-state index contributed by atoms with van der Waals surface area (Å²) >= 11 is 0. The minimum Gasteiger partial charge on any atom is -0.379 e. The number of aromatic nitrogens is 3. The van der Waals surface area contributed by atoms with Gasteiger partial charge in [-0.25, -0.2) is 9.78 Å². The molecule has 0 bridgehead atoms. The van der Waals surface area contributed by atoms with Gasteiger partial charge in [0, 0.05) is 43.9 Å². The average Bonchev–Trinajstić information content (AvgIpc) is 3.37. The highest BCUT2D eigenvalue weighted by molar-refractivity contribution is 6.14. The first kappa shape index (κ1) is 18.8. The number of ether oxygens (including phenoxy) is 1. The molecule has 0 radical (unpaired) electrons. The van der Waals surface area contributed by atoms with Gasteiger partial charge in [0.25, 0.3) is 5.91 Å². The highest BCUT2D eigenvalue weighted by atomic mass is 16.5. The minimum absolute atomic E-state index is 0.180. The van der Waals surface area contributed by atoms with Crippen molar-refractivity contribution in [2.75, 3.05) is 50.0 Å². The molecule has 0 aromatic carbocycles. The van der Waals surface area contributed by atoms with Crippen molar-refractivity contribution in [2.24, 2.45) is 0 Å². The Balaban J connectivity index is 1.40. The van der Waals surface area contributed by atoms with Crippen LogP contribution in [-0.2, 0) is 9.53 Å². The van der Waals surface area contributed by atoms with Crippen LogP contribution in [0.3, 0.4) is 0 Å². The molecule has 3 fully saturated rings. The highest BCUT2D eigenvalue weighted by Gasteiger charge is 2.25. The number of urea groups is 1. The Morgan fingerprint density at radius 1 is 1.23 bits per heavy atom. The number of hydrogen-bond donors (Lipinski definition) is 4. The fraction of sp³-hybridized carbons (Fsp3) is 0.474. The van der Waals surface area contributed by atoms with Crippen molar-refractivity contribution >= 4 is 35.3 Å². The Hall–Kier alpha value is -3.18. The molecule has 2 saturated heterocycles. The highest BCUT2D eigenvalue weighted by Crippen LogP contribution is 2.27. The van der Waals surface area contributed by atoms with Crippen LogP contribution in [0, 0.1) is 0 Å². The predicted octanol–water partition coefficient (Wildman–Crippen LogP) is 0.228. The molecule has 5 rings (SSSR count). The Bertz CT molecular complexity index is 1010. The fourth-order valence-electron chi connectivity index (χ4n) is 3.52. The van der Waals surface area contributed by atoms with Crippen LogP contribution in [-0.4, -0.2) is 76.9 Å². The minimum atomic E-state index is -0.530. The molecule has 2 aliphatic heterocycles. The quantitative estimate of drug-likeness (QED) is 0.376. The molecule has 3 aliphatic rings. The summed E-state index contributed by atoms with van der Waals surface area (Å²) in [6.45, 7) is 5.10. The number of nitrogens with zero attached hydrogens (tertiary/aromatic N) is 4. The van der Waals surface area contributed by atoms with Crippen molar-refractivity contribution in [3.63, 3.8) is 0 Å². The van der Waals surface area contributed by atoms with E-state index in [2.05, 4.69) is 31.3 Å². The van der Waals surface area contributed by atoms with Gasteiger partial charge < -0.3 is 20.7 Å². The van der Waals surface area contributed by atoms with Gasteiger partial charge in [-0.05, 0) is 18.9 Å². The maximum atomic E-state index is 11.9. The lowest BCUT2D eigenvalue weighted by Gasteiger charge is -2.26. The van der Waals surface area contributed by atoms with E-state index in [1.807, 2.05) is 6.07 Å². The Labute approximate surface area is 172 Å². The zero-order valence-electron chi connectivity index (χ0n) is 16.5. The molecule has 158 valence electrons. The van der Waals surface area contributed by atoms with Crippen LogP contribution >= 0.6 is 0 Å². The maximum absolute atomic E-state index is 11.9. The molecule has 2 aromatic heterocycles. The van der Waals surface area contributed by atoms with Gasteiger partial charge in [-0.1, -0.05) is 0 Å². The Kier molecular flexibility index (Phi) is 4.97. The lowest BCUT2D eigenvalue weighted by molar-refractivity contribution is -0.115. The molecule has 0 spiro atoms. The zero-order valence-corrected chi connectivity index (χ0v) is 16.5. The summed E-state index contributed by atoms with van der Waals surface area (Å²) in [5.41, 5.74) is 1.44. The third-order valence-electron chi connectivity index (χ3n) is 5.29. The van der Waals surface area contributed by atoms with Gasteiger partial charge in [-0.15, -0.1) is 0 Å². The third-order valence-corrected chi connectivity index (χ3v) is 5.29. The fourth-order valence-corrected chi connectivity index (χ4v) is 3.52. The van der Waals surface area contributed by atoms with E-state index in [0.717, 1.165) is 63.9 Å². The van der Waals surface area contributed by atoms with Crippen molar-refractivity contribution in [3.05, 3.63) is 23.5 Å². The van der Waals surface area contributed by atoms with Crippen molar-refractivity contribution in [1.29, 1.82) is 0 Å². The SMILES string of the molecule is O=C1NC(=O)/C(=C/c2cnn3c(NC4CC4)cc(NCCN4CCOCC4)nc23)N1. The van der Waals surface area contributed by atoms with E-state index in [1.54, 1.807) is 16.8 Å². The summed E-state index contributed by atoms with van der Waals surface area (Å²) < 4.78 is 7.12. The first-order valence-corrected chi connectivity index (χ1v) is 10.2. The molecule has 3 amide bonds. The smallest absolute Gasteiger partial charge is 0.326 e. The van der Waals surface area contributed by atoms with E-state index in [0.29, 0.717) is 17.3 Å². The van der Waals surface area contributed by atoms with Crippen LogP contribution in [0.15, 0.2) is 18.0 Å². The number of hydrogen-bond acceptors (Lipinski definition) is 8. The third kappa shape index (κ3) is 4.07. The number of fused-ring (bicyclic) bond motifs is 1. The summed E-state index contributed by atoms with van der Waals surface area (Å²) in [5.74, 6) is 1.12. The summed E-state index contributed by atoms with van der Waals surface area (Å²) in [6.07, 6.45) is 5.50. The molecule has 1 saturated carbocycles. The summed E-state index contributed by atoms with van der Waals surface area (Å²) in [5, 5.41) is 16.0. The number of carbonyl (C=O) groups is 2. The predicted molar refractivity (Wildman–Crippen MR) is 110 cm³/mol. The van der Waals surface area contributed by atoms with Gasteiger partial charge in [0.05, 0.1) is 19.4 Å². The molecular formula is C19H24N8O3. The molecule has 4 heterocycles. The molecule has 2 aromatic rings. The van der Waals surface area contributed by atoms with Crippen molar-refractivity contribution in [3.8, 4) is 0 Å². The van der Waals surface area contributed by atoms with Gasteiger partial charge in [0.15, 0.2) is 5.65 Å². The zero-order chi connectivity index (χ0) is 20.5. The van der Waals surface area contributed by atoms with Gasteiger partial charge >= 0.3 is 6.03 Å². The van der Waals surface area contributed by atoms with Crippen molar-refractivity contribution in [2.45, 2.75) is 18.9 Å². The van der Waals surface area contributed by atoms with Crippen LogP contribution in [0.5, 0.6) is 0 Å². The van der Waals surface area contributed by atoms with Crippen LogP contribution in [0.1, 0.15) is 18.4 Å². The second kappa shape index (κ2) is 7.92. The molecule has 1 aliphatic carbocycles. The number of rotatable bonds is 7. The largest absolute Gasteiger partial charge is 0.379 e. The monoisotopic (exact) mass is 412 g/mol. The maximum Gasteiger partial charge on any atom is 0.326 e. The van der Waals surface area contributed by atoms with Crippen LogP contribution < -0.4 is 21.3 Å². The second-order valence-corrected chi connectivity index (χ2v) is 7.63. The molecule has 11 heteroatoms. The first-order chi connectivity index (χ1) is 14.7. The van der Waals surface area contributed by atoms with Gasteiger partial charge in [0.2, 0.25) is 0 Å². The van der Waals surface area contributed by atoms with Gasteiger partial charge in [-0.2, -0.15) is 9.61 Å². The molecular weight excluding hydrogens is 388 g/mol.